The van der Waals surface area contributed by atoms with Crippen molar-refractivity contribution in [3.05, 3.63) is 47.8 Å². The van der Waals surface area contributed by atoms with Crippen molar-refractivity contribution in [2.24, 2.45) is 0 Å². The molecule has 31 heavy (non-hydrogen) atoms. The molecule has 0 atom stereocenters. The number of alkyl halides is 3. The van der Waals surface area contributed by atoms with Crippen molar-refractivity contribution >= 4 is 23.6 Å². The zero-order valence-corrected chi connectivity index (χ0v) is 16.9. The number of carbonyl (C=O) groups excluding carboxylic acids is 3. The van der Waals surface area contributed by atoms with E-state index in [0.717, 1.165) is 35.4 Å². The molecule has 0 spiro atoms. The van der Waals surface area contributed by atoms with E-state index in [4.69, 9.17) is 4.74 Å². The van der Waals surface area contributed by atoms with E-state index in [1.165, 1.54) is 12.3 Å². The van der Waals surface area contributed by atoms with E-state index in [9.17, 15) is 27.6 Å². The average molecular weight is 440 g/mol. The first kappa shape index (κ1) is 23.9. The lowest BCUT2D eigenvalue weighted by Gasteiger charge is -2.08. The summed E-state index contributed by atoms with van der Waals surface area (Å²) in [6.45, 7) is 2.46. The van der Waals surface area contributed by atoms with E-state index < -0.39 is 23.7 Å². The molecular formula is C20H23F3N4O4. The molecule has 2 rings (SSSR count). The maximum absolute atomic E-state index is 12.6. The van der Waals surface area contributed by atoms with Gasteiger partial charge in [0.05, 0.1) is 12.2 Å². The normalized spacial score (nSPS) is 11.1. The summed E-state index contributed by atoms with van der Waals surface area (Å²) in [6.07, 6.45) is -0.775. The monoisotopic (exact) mass is 440 g/mol. The van der Waals surface area contributed by atoms with Crippen LogP contribution in [0.4, 0.5) is 23.7 Å². The Balaban J connectivity index is 1.77. The van der Waals surface area contributed by atoms with Gasteiger partial charge in [0.1, 0.15) is 0 Å². The summed E-state index contributed by atoms with van der Waals surface area (Å²) in [7, 11) is 0. The number of hydrogen-bond donors (Lipinski definition) is 2. The number of nitrogens with one attached hydrogen (secondary N) is 2. The number of esters is 1. The molecule has 2 N–H and O–H groups in total. The number of benzene rings is 1. The van der Waals surface area contributed by atoms with Crippen LogP contribution in [0.3, 0.4) is 0 Å². The molecule has 1 aromatic carbocycles. The SMILES string of the molecule is CCOC(=O)CCCCCNC(=O)n1ccc(C(=O)Nc2ccc(C(F)(F)F)cc2)n1. The van der Waals surface area contributed by atoms with E-state index in [1.54, 1.807) is 6.92 Å². The van der Waals surface area contributed by atoms with Crippen LogP contribution in [-0.2, 0) is 15.7 Å². The van der Waals surface area contributed by atoms with Crippen LogP contribution in [0.2, 0.25) is 0 Å². The third-order valence-corrected chi connectivity index (χ3v) is 4.14. The lowest BCUT2D eigenvalue weighted by atomic mass is 10.2. The molecule has 0 saturated carbocycles. The van der Waals surface area contributed by atoms with E-state index in [0.29, 0.717) is 32.4 Å². The first-order valence-corrected chi connectivity index (χ1v) is 9.69. The number of nitrogens with zero attached hydrogens (tertiary/aromatic N) is 2. The summed E-state index contributed by atoms with van der Waals surface area (Å²) in [6, 6.07) is 4.76. The van der Waals surface area contributed by atoms with Gasteiger partial charge in [0.2, 0.25) is 0 Å². The second kappa shape index (κ2) is 11.1. The van der Waals surface area contributed by atoms with Gasteiger partial charge in [0.25, 0.3) is 5.91 Å². The van der Waals surface area contributed by atoms with Crippen LogP contribution in [0, 0.1) is 0 Å². The molecule has 2 amide bonds. The molecule has 0 bridgehead atoms. The van der Waals surface area contributed by atoms with Gasteiger partial charge in [-0.15, -0.1) is 0 Å². The molecule has 2 aromatic rings. The summed E-state index contributed by atoms with van der Waals surface area (Å²) in [5.41, 5.74) is -0.725. The summed E-state index contributed by atoms with van der Waals surface area (Å²) in [5, 5.41) is 8.94. The fraction of sp³-hybridized carbons (Fsp3) is 0.400. The third-order valence-electron chi connectivity index (χ3n) is 4.14. The maximum atomic E-state index is 12.6. The maximum Gasteiger partial charge on any atom is 0.416 e. The minimum atomic E-state index is -4.46. The van der Waals surface area contributed by atoms with E-state index in [-0.39, 0.29) is 17.4 Å². The number of rotatable bonds is 9. The van der Waals surface area contributed by atoms with Crippen molar-refractivity contribution in [1.82, 2.24) is 15.1 Å². The molecule has 0 aliphatic heterocycles. The van der Waals surface area contributed by atoms with Crippen LogP contribution in [0.15, 0.2) is 36.5 Å². The standard InChI is InChI=1S/C20H23F3N4O4/c1-2-31-17(28)6-4-3-5-12-24-19(30)27-13-11-16(26-27)18(29)25-15-9-7-14(8-10-15)20(21,22)23/h7-11,13H,2-6,12H2,1H3,(H,24,30)(H,25,29). The van der Waals surface area contributed by atoms with Gasteiger partial charge in [-0.3, -0.25) is 9.59 Å². The molecule has 0 aliphatic rings. The first-order chi connectivity index (χ1) is 14.7. The fourth-order valence-corrected chi connectivity index (χ4v) is 2.58. The van der Waals surface area contributed by atoms with Gasteiger partial charge >= 0.3 is 18.2 Å². The Kier molecular flexibility index (Phi) is 8.59. The molecule has 8 nitrogen and oxygen atoms in total. The molecule has 1 aromatic heterocycles. The highest BCUT2D eigenvalue weighted by molar-refractivity contribution is 6.03. The zero-order valence-electron chi connectivity index (χ0n) is 16.9. The summed E-state index contributed by atoms with van der Waals surface area (Å²) in [5.74, 6) is -0.907. The van der Waals surface area contributed by atoms with Gasteiger partial charge in [0.15, 0.2) is 5.69 Å². The molecule has 11 heteroatoms. The fourth-order valence-electron chi connectivity index (χ4n) is 2.58. The molecule has 1 heterocycles. The minimum absolute atomic E-state index is 0.0653. The minimum Gasteiger partial charge on any atom is -0.466 e. The Bertz CT molecular complexity index is 895. The number of carbonyl (C=O) groups is 3. The van der Waals surface area contributed by atoms with Crippen molar-refractivity contribution in [1.29, 1.82) is 0 Å². The number of aromatic nitrogens is 2. The highest BCUT2D eigenvalue weighted by Gasteiger charge is 2.30. The number of anilines is 1. The first-order valence-electron chi connectivity index (χ1n) is 9.69. The Morgan fingerprint density at radius 1 is 1.06 bits per heavy atom. The summed E-state index contributed by atoms with van der Waals surface area (Å²) < 4.78 is 43.5. The molecule has 0 radical (unpaired) electrons. The number of unbranched alkanes of at least 4 members (excludes halogenated alkanes) is 2. The number of amides is 2. The number of hydrogen-bond acceptors (Lipinski definition) is 5. The molecule has 0 unspecified atom stereocenters. The highest BCUT2D eigenvalue weighted by Crippen LogP contribution is 2.29. The summed E-state index contributed by atoms with van der Waals surface area (Å²) in [4.78, 5) is 35.5. The van der Waals surface area contributed by atoms with Gasteiger partial charge in [-0.1, -0.05) is 6.42 Å². The van der Waals surface area contributed by atoms with Gasteiger partial charge in [0, 0.05) is 24.8 Å². The van der Waals surface area contributed by atoms with E-state index in [2.05, 4.69) is 15.7 Å². The van der Waals surface area contributed by atoms with Crippen molar-refractivity contribution in [3.63, 3.8) is 0 Å². The van der Waals surface area contributed by atoms with Gasteiger partial charge in [-0.25, -0.2) is 4.79 Å². The Labute approximate surface area is 176 Å². The van der Waals surface area contributed by atoms with Crippen molar-refractivity contribution in [2.75, 3.05) is 18.5 Å². The predicted octanol–water partition coefficient (Wildman–Crippen LogP) is 3.84. The topological polar surface area (TPSA) is 102 Å². The van der Waals surface area contributed by atoms with E-state index >= 15 is 0 Å². The number of halogens is 3. The highest BCUT2D eigenvalue weighted by atomic mass is 19.4. The second-order valence-corrected chi connectivity index (χ2v) is 6.52. The third kappa shape index (κ3) is 7.76. The van der Waals surface area contributed by atoms with Crippen LogP contribution < -0.4 is 10.6 Å². The van der Waals surface area contributed by atoms with Crippen molar-refractivity contribution in [2.45, 2.75) is 38.8 Å². The smallest absolute Gasteiger partial charge is 0.416 e. The van der Waals surface area contributed by atoms with Crippen molar-refractivity contribution < 1.29 is 32.3 Å². The predicted molar refractivity (Wildman–Crippen MR) is 106 cm³/mol. The molecule has 168 valence electrons. The number of ether oxygens (including phenoxy) is 1. The molecule has 0 fully saturated rings. The van der Waals surface area contributed by atoms with Crippen LogP contribution in [0.5, 0.6) is 0 Å². The largest absolute Gasteiger partial charge is 0.466 e. The van der Waals surface area contributed by atoms with Crippen molar-refractivity contribution in [3.8, 4) is 0 Å². The average Bonchev–Trinajstić information content (AvgIpc) is 3.21. The van der Waals surface area contributed by atoms with Gasteiger partial charge in [-0.05, 0) is 50.1 Å². The molecule has 0 aliphatic carbocycles. The van der Waals surface area contributed by atoms with Gasteiger partial charge in [-0.2, -0.15) is 23.0 Å². The Hall–Kier alpha value is -3.37. The quantitative estimate of drug-likeness (QED) is 0.456. The lowest BCUT2D eigenvalue weighted by molar-refractivity contribution is -0.143. The van der Waals surface area contributed by atoms with Crippen LogP contribution >= 0.6 is 0 Å². The molecule has 0 saturated heterocycles. The lowest BCUT2D eigenvalue weighted by Crippen LogP contribution is -2.30. The second-order valence-electron chi connectivity index (χ2n) is 6.52. The van der Waals surface area contributed by atoms with Gasteiger partial charge < -0.3 is 15.4 Å². The van der Waals surface area contributed by atoms with Crippen LogP contribution in [0.25, 0.3) is 0 Å². The Morgan fingerprint density at radius 3 is 2.42 bits per heavy atom. The van der Waals surface area contributed by atoms with Crippen LogP contribution in [0.1, 0.15) is 48.7 Å². The zero-order chi connectivity index (χ0) is 22.9. The Morgan fingerprint density at radius 2 is 1.77 bits per heavy atom. The van der Waals surface area contributed by atoms with E-state index in [1.807, 2.05) is 0 Å². The summed E-state index contributed by atoms with van der Waals surface area (Å²) >= 11 is 0. The van der Waals surface area contributed by atoms with Crippen LogP contribution in [-0.4, -0.2) is 40.8 Å². The molecular weight excluding hydrogens is 417 g/mol.